The molecule has 0 aromatic carbocycles. The van der Waals surface area contributed by atoms with Crippen molar-refractivity contribution in [2.75, 3.05) is 0 Å². The lowest BCUT2D eigenvalue weighted by Crippen LogP contribution is -2.17. The fraction of sp³-hybridized carbons (Fsp3) is 0.300. The van der Waals surface area contributed by atoms with Crippen LogP contribution >= 0.6 is 27.3 Å². The van der Waals surface area contributed by atoms with Gasteiger partial charge in [-0.15, -0.1) is 11.3 Å². The van der Waals surface area contributed by atoms with Crippen LogP contribution < -0.4 is 5.32 Å². The molecule has 80 valence electrons. The molecular weight excluding hydrogens is 276 g/mol. The quantitative estimate of drug-likeness (QED) is 0.937. The topological polar surface area (TPSA) is 38.1 Å². The monoisotopic (exact) mass is 286 g/mol. The SMILES string of the molecule is CC(NCc1ccoc1)c1ncc(Br)s1. The average molecular weight is 287 g/mol. The highest BCUT2D eigenvalue weighted by atomic mass is 79.9. The predicted octanol–water partition coefficient (Wildman–Crippen LogP) is 3.35. The molecular formula is C10H11BrN2OS. The van der Waals surface area contributed by atoms with Gasteiger partial charge in [0.1, 0.15) is 5.01 Å². The van der Waals surface area contributed by atoms with E-state index in [2.05, 4.69) is 33.2 Å². The molecule has 0 aliphatic carbocycles. The van der Waals surface area contributed by atoms with Crippen LogP contribution in [0.5, 0.6) is 0 Å². The Morgan fingerprint density at radius 3 is 3.13 bits per heavy atom. The Morgan fingerprint density at radius 2 is 2.53 bits per heavy atom. The number of thiazole rings is 1. The zero-order valence-electron chi connectivity index (χ0n) is 8.24. The van der Waals surface area contributed by atoms with E-state index in [-0.39, 0.29) is 6.04 Å². The Labute approximate surface area is 101 Å². The highest BCUT2D eigenvalue weighted by Crippen LogP contribution is 2.24. The van der Waals surface area contributed by atoms with Crippen molar-refractivity contribution in [2.24, 2.45) is 0 Å². The lowest BCUT2D eigenvalue weighted by molar-refractivity contribution is 0.546. The molecule has 2 aromatic heterocycles. The summed E-state index contributed by atoms with van der Waals surface area (Å²) in [4.78, 5) is 4.30. The zero-order chi connectivity index (χ0) is 10.7. The molecule has 0 aliphatic rings. The van der Waals surface area contributed by atoms with E-state index in [9.17, 15) is 0 Å². The van der Waals surface area contributed by atoms with Gasteiger partial charge in [0.05, 0.1) is 28.6 Å². The van der Waals surface area contributed by atoms with Crippen LogP contribution in [-0.2, 0) is 6.54 Å². The second-order valence-electron chi connectivity index (χ2n) is 3.24. The Balaban J connectivity index is 1.90. The van der Waals surface area contributed by atoms with Gasteiger partial charge in [0.2, 0.25) is 0 Å². The van der Waals surface area contributed by atoms with Crippen LogP contribution in [0.2, 0.25) is 0 Å². The molecule has 0 radical (unpaired) electrons. The Hall–Kier alpha value is -0.650. The van der Waals surface area contributed by atoms with E-state index in [1.165, 1.54) is 0 Å². The van der Waals surface area contributed by atoms with Crippen molar-refractivity contribution in [1.82, 2.24) is 10.3 Å². The molecule has 2 aromatic rings. The van der Waals surface area contributed by atoms with Crippen LogP contribution in [0.3, 0.4) is 0 Å². The fourth-order valence-electron chi connectivity index (χ4n) is 1.22. The molecule has 2 heterocycles. The lowest BCUT2D eigenvalue weighted by Gasteiger charge is -2.09. The van der Waals surface area contributed by atoms with Crippen LogP contribution in [0.15, 0.2) is 33.0 Å². The van der Waals surface area contributed by atoms with Crippen molar-refractivity contribution in [3.63, 3.8) is 0 Å². The predicted molar refractivity (Wildman–Crippen MR) is 63.8 cm³/mol. The minimum Gasteiger partial charge on any atom is -0.472 e. The second-order valence-corrected chi connectivity index (χ2v) is 5.68. The van der Waals surface area contributed by atoms with E-state index in [1.54, 1.807) is 23.9 Å². The van der Waals surface area contributed by atoms with Gasteiger partial charge in [-0.05, 0) is 28.9 Å². The van der Waals surface area contributed by atoms with Crippen LogP contribution in [-0.4, -0.2) is 4.98 Å². The maximum absolute atomic E-state index is 5.00. The molecule has 2 rings (SSSR count). The van der Waals surface area contributed by atoms with Gasteiger partial charge in [0.25, 0.3) is 0 Å². The Kier molecular flexibility index (Phi) is 3.56. The zero-order valence-corrected chi connectivity index (χ0v) is 10.6. The first-order valence-electron chi connectivity index (χ1n) is 4.61. The summed E-state index contributed by atoms with van der Waals surface area (Å²) in [6, 6.07) is 2.22. The molecule has 5 heteroatoms. The van der Waals surface area contributed by atoms with Crippen LogP contribution in [0.1, 0.15) is 23.5 Å². The summed E-state index contributed by atoms with van der Waals surface area (Å²) in [6.07, 6.45) is 5.26. The first kappa shape index (κ1) is 10.9. The molecule has 0 aliphatic heterocycles. The summed E-state index contributed by atoms with van der Waals surface area (Å²) >= 11 is 5.06. The van der Waals surface area contributed by atoms with Gasteiger partial charge in [0.15, 0.2) is 0 Å². The number of furan rings is 1. The number of halogens is 1. The van der Waals surface area contributed by atoms with Crippen molar-refractivity contribution in [3.8, 4) is 0 Å². The minimum atomic E-state index is 0.260. The molecule has 15 heavy (non-hydrogen) atoms. The summed E-state index contributed by atoms with van der Waals surface area (Å²) in [6.45, 7) is 2.90. The van der Waals surface area contributed by atoms with Crippen molar-refractivity contribution in [2.45, 2.75) is 19.5 Å². The second kappa shape index (κ2) is 4.92. The molecule has 0 fully saturated rings. The molecule has 1 N–H and O–H groups in total. The minimum absolute atomic E-state index is 0.260. The number of nitrogens with zero attached hydrogens (tertiary/aromatic N) is 1. The Bertz CT molecular complexity index is 413. The number of aromatic nitrogens is 1. The fourth-order valence-corrected chi connectivity index (χ4v) is 2.49. The van der Waals surface area contributed by atoms with Gasteiger partial charge in [0, 0.05) is 12.1 Å². The molecule has 1 atom stereocenters. The third-order valence-corrected chi connectivity index (χ3v) is 3.72. The van der Waals surface area contributed by atoms with Crippen LogP contribution in [0, 0.1) is 0 Å². The Morgan fingerprint density at radius 1 is 1.67 bits per heavy atom. The molecule has 0 spiro atoms. The summed E-state index contributed by atoms with van der Waals surface area (Å²) in [7, 11) is 0. The lowest BCUT2D eigenvalue weighted by atomic mass is 10.3. The van der Waals surface area contributed by atoms with Gasteiger partial charge in [-0.2, -0.15) is 0 Å². The molecule has 0 bridgehead atoms. The van der Waals surface area contributed by atoms with Gasteiger partial charge in [-0.25, -0.2) is 4.98 Å². The third-order valence-electron chi connectivity index (χ3n) is 2.06. The van der Waals surface area contributed by atoms with Crippen molar-refractivity contribution >= 4 is 27.3 Å². The molecule has 0 amide bonds. The van der Waals surface area contributed by atoms with E-state index in [1.807, 2.05) is 12.3 Å². The van der Waals surface area contributed by atoms with Crippen molar-refractivity contribution < 1.29 is 4.42 Å². The summed E-state index contributed by atoms with van der Waals surface area (Å²) in [5.41, 5.74) is 1.15. The highest BCUT2D eigenvalue weighted by Gasteiger charge is 2.09. The van der Waals surface area contributed by atoms with E-state index >= 15 is 0 Å². The maximum atomic E-state index is 5.00. The van der Waals surface area contributed by atoms with Crippen molar-refractivity contribution in [3.05, 3.63) is 39.1 Å². The average Bonchev–Trinajstić information content (AvgIpc) is 2.84. The van der Waals surface area contributed by atoms with Gasteiger partial charge in [-0.3, -0.25) is 0 Å². The number of nitrogens with one attached hydrogen (secondary N) is 1. The molecule has 1 unspecified atom stereocenters. The van der Waals surface area contributed by atoms with E-state index in [0.29, 0.717) is 0 Å². The smallest absolute Gasteiger partial charge is 0.110 e. The van der Waals surface area contributed by atoms with Crippen LogP contribution in [0.25, 0.3) is 0 Å². The third kappa shape index (κ3) is 2.90. The van der Waals surface area contributed by atoms with Gasteiger partial charge >= 0.3 is 0 Å². The number of hydrogen-bond donors (Lipinski definition) is 1. The summed E-state index contributed by atoms with van der Waals surface area (Å²) in [5, 5.41) is 4.47. The first-order valence-corrected chi connectivity index (χ1v) is 6.22. The van der Waals surface area contributed by atoms with Crippen molar-refractivity contribution in [1.29, 1.82) is 0 Å². The largest absolute Gasteiger partial charge is 0.472 e. The van der Waals surface area contributed by atoms with E-state index < -0.39 is 0 Å². The van der Waals surface area contributed by atoms with Gasteiger partial charge in [-0.1, -0.05) is 0 Å². The number of hydrogen-bond acceptors (Lipinski definition) is 4. The summed E-state index contributed by atoms with van der Waals surface area (Å²) < 4.78 is 6.06. The first-order chi connectivity index (χ1) is 7.25. The van der Waals surface area contributed by atoms with E-state index in [4.69, 9.17) is 4.42 Å². The molecule has 0 saturated carbocycles. The highest BCUT2D eigenvalue weighted by molar-refractivity contribution is 9.11. The standard InChI is InChI=1S/C10H11BrN2OS/c1-7(10-13-5-9(11)15-10)12-4-8-2-3-14-6-8/h2-3,5-7,12H,4H2,1H3. The van der Waals surface area contributed by atoms with Crippen LogP contribution in [0.4, 0.5) is 0 Å². The normalized spacial score (nSPS) is 12.9. The summed E-state index contributed by atoms with van der Waals surface area (Å²) in [5.74, 6) is 0. The van der Waals surface area contributed by atoms with E-state index in [0.717, 1.165) is 20.9 Å². The maximum Gasteiger partial charge on any atom is 0.110 e. The van der Waals surface area contributed by atoms with Gasteiger partial charge < -0.3 is 9.73 Å². The molecule has 0 saturated heterocycles. The molecule has 3 nitrogen and oxygen atoms in total. The number of rotatable bonds is 4.